The van der Waals surface area contributed by atoms with Gasteiger partial charge in [-0.3, -0.25) is 0 Å². The Morgan fingerprint density at radius 1 is 1.50 bits per heavy atom. The van der Waals surface area contributed by atoms with Crippen LogP contribution in [0.15, 0.2) is 10.7 Å². The van der Waals surface area contributed by atoms with E-state index in [0.29, 0.717) is 22.7 Å². The van der Waals surface area contributed by atoms with Crippen molar-refractivity contribution in [2.75, 3.05) is 29.2 Å². The minimum absolute atomic E-state index is 0.130. The summed E-state index contributed by atoms with van der Waals surface area (Å²) in [5, 5.41) is 6.05. The van der Waals surface area contributed by atoms with E-state index in [1.54, 1.807) is 13.2 Å². The fraction of sp³-hybridized carbons (Fsp3) is 0.600. The van der Waals surface area contributed by atoms with Gasteiger partial charge in [0.15, 0.2) is 9.84 Å². The Balaban J connectivity index is 2.24. The molecular formula is C10H15BrN4O2S. The number of nitrogens with zero attached hydrogens (tertiary/aromatic N) is 2. The van der Waals surface area contributed by atoms with Gasteiger partial charge < -0.3 is 10.6 Å². The van der Waals surface area contributed by atoms with Gasteiger partial charge >= 0.3 is 0 Å². The van der Waals surface area contributed by atoms with E-state index in [2.05, 4.69) is 36.5 Å². The van der Waals surface area contributed by atoms with Gasteiger partial charge in [0.2, 0.25) is 5.95 Å². The quantitative estimate of drug-likeness (QED) is 0.865. The zero-order valence-corrected chi connectivity index (χ0v) is 12.6. The molecule has 1 fully saturated rings. The molecule has 1 aliphatic heterocycles. The lowest BCUT2D eigenvalue weighted by Crippen LogP contribution is -2.36. The van der Waals surface area contributed by atoms with Crippen LogP contribution in [0, 0.1) is 0 Å². The van der Waals surface area contributed by atoms with Gasteiger partial charge in [-0.1, -0.05) is 0 Å². The van der Waals surface area contributed by atoms with Crippen LogP contribution in [-0.2, 0) is 9.84 Å². The van der Waals surface area contributed by atoms with Crippen molar-refractivity contribution in [3.8, 4) is 0 Å². The van der Waals surface area contributed by atoms with Crippen molar-refractivity contribution >= 4 is 37.5 Å². The first-order chi connectivity index (χ1) is 8.34. The molecule has 6 nitrogen and oxygen atoms in total. The fourth-order valence-corrected chi connectivity index (χ4v) is 4.35. The van der Waals surface area contributed by atoms with Gasteiger partial charge in [0.25, 0.3) is 0 Å². The van der Waals surface area contributed by atoms with Crippen molar-refractivity contribution in [3.05, 3.63) is 10.7 Å². The lowest BCUT2D eigenvalue weighted by molar-refractivity contribution is 0.571. The molecule has 0 radical (unpaired) electrons. The van der Waals surface area contributed by atoms with Gasteiger partial charge in [-0.15, -0.1) is 0 Å². The van der Waals surface area contributed by atoms with Gasteiger partial charge in [-0.2, -0.15) is 4.98 Å². The molecule has 1 aromatic rings. The average Bonchev–Trinajstić information content (AvgIpc) is 2.56. The summed E-state index contributed by atoms with van der Waals surface area (Å²) >= 11 is 3.35. The Morgan fingerprint density at radius 2 is 2.22 bits per heavy atom. The van der Waals surface area contributed by atoms with Gasteiger partial charge in [0, 0.05) is 13.2 Å². The molecule has 0 aliphatic carbocycles. The molecule has 0 amide bonds. The summed E-state index contributed by atoms with van der Waals surface area (Å²) in [5.74, 6) is 1.45. The SMILES string of the molecule is CNc1ncc(Br)c(NC2(C)CCS(=O)(=O)C2)n1. The molecule has 1 aromatic heterocycles. The van der Waals surface area contributed by atoms with E-state index >= 15 is 0 Å². The normalized spacial score (nSPS) is 25.9. The predicted octanol–water partition coefficient (Wildman–Crippen LogP) is 1.27. The predicted molar refractivity (Wildman–Crippen MR) is 74.6 cm³/mol. The Hall–Kier alpha value is -0.890. The number of hydrogen-bond donors (Lipinski definition) is 2. The Kier molecular flexibility index (Phi) is 3.50. The molecule has 8 heteroatoms. The molecule has 0 saturated carbocycles. The maximum atomic E-state index is 11.5. The number of sulfone groups is 1. The van der Waals surface area contributed by atoms with E-state index in [9.17, 15) is 8.42 Å². The van der Waals surface area contributed by atoms with Crippen LogP contribution in [0.4, 0.5) is 11.8 Å². The van der Waals surface area contributed by atoms with E-state index in [1.807, 2.05) is 6.92 Å². The smallest absolute Gasteiger partial charge is 0.224 e. The van der Waals surface area contributed by atoms with Gasteiger partial charge in [0.05, 0.1) is 21.5 Å². The summed E-state index contributed by atoms with van der Waals surface area (Å²) < 4.78 is 23.8. The van der Waals surface area contributed by atoms with Gasteiger partial charge in [0.1, 0.15) is 5.82 Å². The standard InChI is InChI=1S/C10H15BrN4O2S/c1-10(3-4-18(16,17)6-10)15-8-7(11)5-13-9(12-2)14-8/h5H,3-4,6H2,1-2H3,(H2,12,13,14,15). The molecule has 1 saturated heterocycles. The number of hydrogen-bond acceptors (Lipinski definition) is 6. The molecule has 0 bridgehead atoms. The van der Waals surface area contributed by atoms with Crippen LogP contribution < -0.4 is 10.6 Å². The average molecular weight is 335 g/mol. The maximum Gasteiger partial charge on any atom is 0.224 e. The minimum atomic E-state index is -2.94. The highest BCUT2D eigenvalue weighted by Gasteiger charge is 2.38. The zero-order valence-electron chi connectivity index (χ0n) is 10.2. The summed E-state index contributed by atoms with van der Waals surface area (Å²) in [6, 6.07) is 0. The summed E-state index contributed by atoms with van der Waals surface area (Å²) in [7, 11) is -1.21. The fourth-order valence-electron chi connectivity index (χ4n) is 1.97. The molecule has 0 aromatic carbocycles. The third-order valence-electron chi connectivity index (χ3n) is 2.89. The Morgan fingerprint density at radius 3 is 2.78 bits per heavy atom. The van der Waals surface area contributed by atoms with Crippen molar-refractivity contribution in [2.45, 2.75) is 18.9 Å². The van der Waals surface area contributed by atoms with Crippen molar-refractivity contribution in [2.24, 2.45) is 0 Å². The molecule has 2 rings (SSSR count). The van der Waals surface area contributed by atoms with Crippen molar-refractivity contribution in [1.29, 1.82) is 0 Å². The monoisotopic (exact) mass is 334 g/mol. The van der Waals surface area contributed by atoms with Crippen molar-refractivity contribution in [1.82, 2.24) is 9.97 Å². The molecule has 2 heterocycles. The molecule has 1 aliphatic rings. The highest BCUT2D eigenvalue weighted by Crippen LogP contribution is 2.30. The van der Waals surface area contributed by atoms with Crippen molar-refractivity contribution in [3.63, 3.8) is 0 Å². The van der Waals surface area contributed by atoms with Gasteiger partial charge in [-0.25, -0.2) is 13.4 Å². The minimum Gasteiger partial charge on any atom is -0.363 e. The highest BCUT2D eigenvalue weighted by molar-refractivity contribution is 9.10. The number of halogens is 1. The highest BCUT2D eigenvalue weighted by atomic mass is 79.9. The molecule has 0 spiro atoms. The summed E-state index contributed by atoms with van der Waals surface area (Å²) in [5.41, 5.74) is -0.472. The molecule has 2 N–H and O–H groups in total. The van der Waals surface area contributed by atoms with E-state index in [0.717, 1.165) is 0 Å². The molecule has 1 unspecified atom stereocenters. The third kappa shape index (κ3) is 2.92. The van der Waals surface area contributed by atoms with Gasteiger partial charge in [-0.05, 0) is 29.3 Å². The first-order valence-electron chi connectivity index (χ1n) is 5.52. The largest absolute Gasteiger partial charge is 0.363 e. The van der Waals surface area contributed by atoms with Crippen LogP contribution in [0.1, 0.15) is 13.3 Å². The van der Waals surface area contributed by atoms with E-state index < -0.39 is 15.4 Å². The van der Waals surface area contributed by atoms with Crippen LogP contribution in [0.2, 0.25) is 0 Å². The summed E-state index contributed by atoms with van der Waals surface area (Å²) in [6.07, 6.45) is 2.22. The van der Waals surface area contributed by atoms with E-state index in [4.69, 9.17) is 0 Å². The summed E-state index contributed by atoms with van der Waals surface area (Å²) in [4.78, 5) is 8.33. The lowest BCUT2D eigenvalue weighted by atomic mass is 10.0. The van der Waals surface area contributed by atoms with E-state index in [1.165, 1.54) is 0 Å². The summed E-state index contributed by atoms with van der Waals surface area (Å²) in [6.45, 7) is 1.89. The van der Waals surface area contributed by atoms with E-state index in [-0.39, 0.29) is 11.5 Å². The first kappa shape index (κ1) is 13.5. The second kappa shape index (κ2) is 4.65. The second-order valence-electron chi connectivity index (χ2n) is 4.67. The topological polar surface area (TPSA) is 84.0 Å². The number of anilines is 2. The zero-order chi connectivity index (χ0) is 13.4. The third-order valence-corrected chi connectivity index (χ3v) is 5.37. The lowest BCUT2D eigenvalue weighted by Gasteiger charge is -2.25. The molecule has 18 heavy (non-hydrogen) atoms. The Labute approximate surface area is 115 Å². The first-order valence-corrected chi connectivity index (χ1v) is 8.14. The maximum absolute atomic E-state index is 11.5. The molecule has 100 valence electrons. The number of nitrogens with one attached hydrogen (secondary N) is 2. The second-order valence-corrected chi connectivity index (χ2v) is 7.71. The molecule has 1 atom stereocenters. The van der Waals surface area contributed by atoms with Crippen LogP contribution in [-0.4, -0.2) is 42.5 Å². The molecular weight excluding hydrogens is 320 g/mol. The van der Waals surface area contributed by atoms with Crippen LogP contribution in [0.5, 0.6) is 0 Å². The van der Waals surface area contributed by atoms with Crippen LogP contribution in [0.25, 0.3) is 0 Å². The number of rotatable bonds is 3. The Bertz CT molecular complexity index is 563. The van der Waals surface area contributed by atoms with Crippen molar-refractivity contribution < 1.29 is 8.42 Å². The van der Waals surface area contributed by atoms with Crippen LogP contribution >= 0.6 is 15.9 Å². The number of aromatic nitrogens is 2. The van der Waals surface area contributed by atoms with Crippen LogP contribution in [0.3, 0.4) is 0 Å².